The molecule has 1 N–H and O–H groups in total. The SMILES string of the molecule is Cn1cc(-c2cnc3ccc(-c4ccc(NS(=O)(=O)c5cccc(F)c5F)cc4)nn23)cn1. The van der Waals surface area contributed by atoms with Gasteiger partial charge in [-0.25, -0.2) is 26.7 Å². The van der Waals surface area contributed by atoms with Crippen LogP contribution in [0.1, 0.15) is 0 Å². The van der Waals surface area contributed by atoms with Crippen molar-refractivity contribution in [3.63, 3.8) is 0 Å². The van der Waals surface area contributed by atoms with E-state index >= 15 is 0 Å². The van der Waals surface area contributed by atoms with E-state index in [0.29, 0.717) is 11.3 Å². The molecule has 0 amide bonds. The second kappa shape index (κ2) is 7.78. The van der Waals surface area contributed by atoms with Crippen molar-refractivity contribution in [1.29, 1.82) is 0 Å². The minimum atomic E-state index is -4.30. The summed E-state index contributed by atoms with van der Waals surface area (Å²) in [7, 11) is -2.48. The largest absolute Gasteiger partial charge is 0.280 e. The van der Waals surface area contributed by atoms with E-state index in [4.69, 9.17) is 0 Å². The van der Waals surface area contributed by atoms with Crippen molar-refractivity contribution in [2.24, 2.45) is 7.05 Å². The van der Waals surface area contributed by atoms with Gasteiger partial charge in [-0.3, -0.25) is 9.40 Å². The topological polar surface area (TPSA) is 94.2 Å². The number of halogens is 2. The smallest absolute Gasteiger partial charge is 0.264 e. The Morgan fingerprint density at radius 1 is 0.939 bits per heavy atom. The van der Waals surface area contributed by atoms with Crippen LogP contribution in [0.4, 0.5) is 14.5 Å². The molecule has 0 spiro atoms. The van der Waals surface area contributed by atoms with Crippen molar-refractivity contribution in [2.45, 2.75) is 4.90 Å². The van der Waals surface area contributed by atoms with E-state index in [-0.39, 0.29) is 5.69 Å². The highest BCUT2D eigenvalue weighted by Gasteiger charge is 2.21. The van der Waals surface area contributed by atoms with Crippen LogP contribution in [0, 0.1) is 11.6 Å². The number of hydrogen-bond acceptors (Lipinski definition) is 5. The van der Waals surface area contributed by atoms with Gasteiger partial charge >= 0.3 is 0 Å². The molecular weight excluding hydrogens is 450 g/mol. The van der Waals surface area contributed by atoms with Crippen LogP contribution in [0.5, 0.6) is 0 Å². The average molecular weight is 466 g/mol. The van der Waals surface area contributed by atoms with Gasteiger partial charge in [0.05, 0.1) is 23.8 Å². The summed E-state index contributed by atoms with van der Waals surface area (Å²) in [5.41, 5.74) is 3.87. The number of aryl methyl sites for hydroxylation is 1. The zero-order valence-corrected chi connectivity index (χ0v) is 18.0. The molecule has 2 aromatic carbocycles. The fourth-order valence-electron chi connectivity index (χ4n) is 3.39. The molecule has 3 heterocycles. The van der Waals surface area contributed by atoms with Gasteiger partial charge in [0.25, 0.3) is 10.0 Å². The van der Waals surface area contributed by atoms with Crippen LogP contribution in [0.15, 0.2) is 78.1 Å². The highest BCUT2D eigenvalue weighted by Crippen LogP contribution is 2.25. The average Bonchev–Trinajstić information content (AvgIpc) is 3.41. The van der Waals surface area contributed by atoms with Gasteiger partial charge in [0.2, 0.25) is 0 Å². The van der Waals surface area contributed by atoms with Crippen molar-refractivity contribution in [1.82, 2.24) is 24.4 Å². The van der Waals surface area contributed by atoms with Gasteiger partial charge in [-0.2, -0.15) is 10.2 Å². The van der Waals surface area contributed by atoms with Crippen molar-refractivity contribution in [3.05, 3.63) is 84.8 Å². The van der Waals surface area contributed by atoms with Crippen molar-refractivity contribution < 1.29 is 17.2 Å². The molecule has 5 aromatic rings. The number of hydrogen-bond donors (Lipinski definition) is 1. The third-order valence-corrected chi connectivity index (χ3v) is 6.40. The van der Waals surface area contributed by atoms with Crippen molar-refractivity contribution in [2.75, 3.05) is 4.72 Å². The quantitative estimate of drug-likeness (QED) is 0.424. The van der Waals surface area contributed by atoms with E-state index in [1.807, 2.05) is 19.3 Å². The Hall–Kier alpha value is -4.12. The molecule has 0 aliphatic carbocycles. The van der Waals surface area contributed by atoms with E-state index in [9.17, 15) is 17.2 Å². The summed E-state index contributed by atoms with van der Waals surface area (Å²) in [5.74, 6) is -2.66. The molecule has 166 valence electrons. The van der Waals surface area contributed by atoms with E-state index in [0.717, 1.165) is 35.0 Å². The van der Waals surface area contributed by atoms with Gasteiger partial charge in [0, 0.05) is 30.1 Å². The van der Waals surface area contributed by atoms with Crippen LogP contribution >= 0.6 is 0 Å². The van der Waals surface area contributed by atoms with E-state index in [1.165, 1.54) is 12.1 Å². The number of fused-ring (bicyclic) bond motifs is 1. The summed E-state index contributed by atoms with van der Waals surface area (Å²) < 4.78 is 58.0. The second-order valence-electron chi connectivity index (χ2n) is 7.27. The number of anilines is 1. The predicted molar refractivity (Wildman–Crippen MR) is 118 cm³/mol. The van der Waals surface area contributed by atoms with E-state index in [2.05, 4.69) is 19.9 Å². The van der Waals surface area contributed by atoms with Gasteiger partial charge in [-0.1, -0.05) is 18.2 Å². The lowest BCUT2D eigenvalue weighted by Crippen LogP contribution is -2.15. The minimum Gasteiger partial charge on any atom is -0.280 e. The molecule has 0 atom stereocenters. The standard InChI is InChI=1S/C22H16F2N6O2S/c1-29-13-15(11-26-29)19-12-25-21-10-9-18(27-30(19)21)14-5-7-16(8-6-14)28-33(31,32)20-4-2-3-17(23)22(20)24/h2-13,28H,1H3. The maximum absolute atomic E-state index is 13.9. The lowest BCUT2D eigenvalue weighted by Gasteiger charge is -2.10. The molecule has 5 rings (SSSR count). The van der Waals surface area contributed by atoms with E-state index in [1.54, 1.807) is 39.8 Å². The molecular formula is C22H16F2N6O2S. The Labute approximate surface area is 187 Å². The fraction of sp³-hybridized carbons (Fsp3) is 0.0455. The number of imidazole rings is 1. The van der Waals surface area contributed by atoms with Gasteiger partial charge < -0.3 is 0 Å². The maximum atomic E-state index is 13.9. The highest BCUT2D eigenvalue weighted by molar-refractivity contribution is 7.92. The Morgan fingerprint density at radius 3 is 2.45 bits per heavy atom. The lowest BCUT2D eigenvalue weighted by molar-refractivity contribution is 0.485. The molecule has 0 unspecified atom stereocenters. The van der Waals surface area contributed by atoms with Gasteiger partial charge in [0.1, 0.15) is 4.90 Å². The molecule has 3 aromatic heterocycles. The lowest BCUT2D eigenvalue weighted by atomic mass is 10.1. The molecule has 0 saturated heterocycles. The molecule has 8 nitrogen and oxygen atoms in total. The number of aromatic nitrogens is 5. The number of nitrogens with zero attached hydrogens (tertiary/aromatic N) is 5. The monoisotopic (exact) mass is 466 g/mol. The Bertz CT molecular complexity index is 1590. The van der Waals surface area contributed by atoms with E-state index < -0.39 is 26.6 Å². The summed E-state index contributed by atoms with van der Waals surface area (Å²) in [6, 6.07) is 13.0. The number of benzene rings is 2. The van der Waals surface area contributed by atoms with Crippen LogP contribution < -0.4 is 4.72 Å². The zero-order chi connectivity index (χ0) is 23.2. The first-order chi connectivity index (χ1) is 15.8. The molecule has 0 aliphatic rings. The first kappa shape index (κ1) is 20.8. The third kappa shape index (κ3) is 3.82. The normalized spacial score (nSPS) is 11.7. The molecule has 0 radical (unpaired) electrons. The summed E-state index contributed by atoms with van der Waals surface area (Å²) in [5, 5.41) is 8.83. The molecule has 0 aliphatic heterocycles. The van der Waals surface area contributed by atoms with Crippen LogP contribution in [-0.2, 0) is 17.1 Å². The Kier molecular flexibility index (Phi) is 4.90. The first-order valence-electron chi connectivity index (χ1n) is 9.73. The van der Waals surface area contributed by atoms with Crippen LogP contribution in [0.3, 0.4) is 0 Å². The molecule has 0 bridgehead atoms. The predicted octanol–water partition coefficient (Wildman–Crippen LogP) is 3.88. The van der Waals surface area contributed by atoms with Crippen LogP contribution in [0.25, 0.3) is 28.2 Å². The van der Waals surface area contributed by atoms with Crippen LogP contribution in [-0.4, -0.2) is 32.8 Å². The summed E-state index contributed by atoms with van der Waals surface area (Å²) in [6.45, 7) is 0. The van der Waals surface area contributed by atoms with Crippen molar-refractivity contribution >= 4 is 21.4 Å². The van der Waals surface area contributed by atoms with Crippen molar-refractivity contribution in [3.8, 4) is 22.5 Å². The third-order valence-electron chi connectivity index (χ3n) is 5.00. The Balaban J connectivity index is 1.44. The fourth-order valence-corrected chi connectivity index (χ4v) is 4.54. The van der Waals surface area contributed by atoms with Gasteiger partial charge in [-0.15, -0.1) is 0 Å². The zero-order valence-electron chi connectivity index (χ0n) is 17.1. The van der Waals surface area contributed by atoms with Gasteiger partial charge in [0.15, 0.2) is 17.3 Å². The molecule has 33 heavy (non-hydrogen) atoms. The molecule has 0 fully saturated rings. The minimum absolute atomic E-state index is 0.196. The van der Waals surface area contributed by atoms with Gasteiger partial charge in [-0.05, 0) is 36.4 Å². The molecule has 0 saturated carbocycles. The maximum Gasteiger partial charge on any atom is 0.264 e. The summed E-state index contributed by atoms with van der Waals surface area (Å²) in [4.78, 5) is 3.60. The number of sulfonamides is 1. The summed E-state index contributed by atoms with van der Waals surface area (Å²) >= 11 is 0. The Morgan fingerprint density at radius 2 is 1.73 bits per heavy atom. The first-order valence-corrected chi connectivity index (χ1v) is 11.2. The molecule has 11 heteroatoms. The highest BCUT2D eigenvalue weighted by atomic mass is 32.2. The van der Waals surface area contributed by atoms with Crippen LogP contribution in [0.2, 0.25) is 0 Å². The summed E-state index contributed by atoms with van der Waals surface area (Å²) in [6.07, 6.45) is 5.30. The number of rotatable bonds is 5. The number of nitrogens with one attached hydrogen (secondary N) is 1. The second-order valence-corrected chi connectivity index (χ2v) is 8.92.